The van der Waals surface area contributed by atoms with Gasteiger partial charge in [-0.1, -0.05) is 23.7 Å². The minimum absolute atomic E-state index is 0.0385. The number of oxazole rings is 1. The van der Waals surface area contributed by atoms with Crippen LogP contribution >= 0.6 is 11.6 Å². The molecule has 0 spiro atoms. The van der Waals surface area contributed by atoms with Crippen molar-refractivity contribution < 1.29 is 23.8 Å². The van der Waals surface area contributed by atoms with Gasteiger partial charge < -0.3 is 24.5 Å². The van der Waals surface area contributed by atoms with Crippen molar-refractivity contribution in [3.05, 3.63) is 58.8 Å². The number of ether oxygens (including phenoxy) is 1. The fraction of sp³-hybridized carbons (Fsp3) is 0.190. The molecular weight excluding hydrogens is 410 g/mol. The first-order valence-electron chi connectivity index (χ1n) is 9.16. The van der Waals surface area contributed by atoms with Crippen LogP contribution in [0.15, 0.2) is 58.2 Å². The van der Waals surface area contributed by atoms with Crippen LogP contribution in [0.25, 0.3) is 22.6 Å². The van der Waals surface area contributed by atoms with E-state index in [9.17, 15) is 14.7 Å². The van der Waals surface area contributed by atoms with E-state index in [0.717, 1.165) is 5.52 Å². The van der Waals surface area contributed by atoms with Crippen LogP contribution in [0.4, 0.5) is 5.69 Å². The molecule has 30 heavy (non-hydrogen) atoms. The lowest BCUT2D eigenvalue weighted by Crippen LogP contribution is -2.31. The lowest BCUT2D eigenvalue weighted by Gasteiger charge is -2.15. The number of aliphatic hydroxyl groups excluding tert-OH is 1. The summed E-state index contributed by atoms with van der Waals surface area (Å²) in [6, 6.07) is 12.5. The molecule has 0 bridgehead atoms. The Morgan fingerprint density at radius 2 is 2.13 bits per heavy atom. The molecule has 3 aromatic rings. The maximum atomic E-state index is 12.7. The largest absolute Gasteiger partial charge is 0.466 e. The first-order chi connectivity index (χ1) is 14.5. The number of esters is 1. The van der Waals surface area contributed by atoms with Gasteiger partial charge in [0, 0.05) is 12.1 Å². The van der Waals surface area contributed by atoms with Crippen LogP contribution in [0.1, 0.15) is 0 Å². The van der Waals surface area contributed by atoms with Crippen LogP contribution in [0.3, 0.4) is 0 Å². The summed E-state index contributed by atoms with van der Waals surface area (Å²) in [6.45, 7) is -0.0839. The lowest BCUT2D eigenvalue weighted by atomic mass is 10.1. The molecule has 1 aliphatic heterocycles. The predicted octanol–water partition coefficient (Wildman–Crippen LogP) is 2.82. The molecule has 8 nitrogen and oxygen atoms in total. The number of hydrogen-bond donors (Lipinski definition) is 2. The molecule has 2 N–H and O–H groups in total. The van der Waals surface area contributed by atoms with E-state index in [1.165, 1.54) is 12.0 Å². The van der Waals surface area contributed by atoms with Gasteiger partial charge in [-0.15, -0.1) is 0 Å². The van der Waals surface area contributed by atoms with Crippen LogP contribution in [0, 0.1) is 0 Å². The molecule has 1 aromatic heterocycles. The number of benzene rings is 2. The Bertz CT molecular complexity index is 1140. The zero-order valence-electron chi connectivity index (χ0n) is 16.0. The van der Waals surface area contributed by atoms with Gasteiger partial charge in [-0.2, -0.15) is 0 Å². The number of fused-ring (bicyclic) bond motifs is 1. The minimum Gasteiger partial charge on any atom is -0.466 e. The molecule has 0 saturated carbocycles. The number of aromatic nitrogens is 1. The number of aliphatic hydroxyl groups is 1. The highest BCUT2D eigenvalue weighted by Gasteiger charge is 2.34. The fourth-order valence-electron chi connectivity index (χ4n) is 3.23. The van der Waals surface area contributed by atoms with Gasteiger partial charge in [0.05, 0.1) is 36.5 Å². The Labute approximate surface area is 176 Å². The van der Waals surface area contributed by atoms with Gasteiger partial charge in [-0.05, 0) is 30.3 Å². The summed E-state index contributed by atoms with van der Waals surface area (Å²) < 4.78 is 10.6. The first-order valence-corrected chi connectivity index (χ1v) is 9.53. The monoisotopic (exact) mass is 427 g/mol. The van der Waals surface area contributed by atoms with Gasteiger partial charge in [0.1, 0.15) is 11.2 Å². The van der Waals surface area contributed by atoms with Crippen molar-refractivity contribution >= 4 is 40.3 Å². The number of anilines is 1. The highest BCUT2D eigenvalue weighted by atomic mass is 35.5. The highest BCUT2D eigenvalue weighted by molar-refractivity contribution is 6.33. The number of nitrogens with one attached hydrogen (secondary N) is 1. The van der Waals surface area contributed by atoms with Gasteiger partial charge in [0.25, 0.3) is 5.91 Å². The molecule has 9 heteroatoms. The van der Waals surface area contributed by atoms with E-state index in [-0.39, 0.29) is 31.0 Å². The Hall–Kier alpha value is -3.36. The molecule has 4 rings (SSSR count). The third-order valence-electron chi connectivity index (χ3n) is 4.72. The molecule has 0 fully saturated rings. The lowest BCUT2D eigenvalue weighted by molar-refractivity contribution is -0.136. The summed E-state index contributed by atoms with van der Waals surface area (Å²) >= 11 is 6.33. The number of nitrogens with zero attached hydrogens (tertiary/aromatic N) is 2. The summed E-state index contributed by atoms with van der Waals surface area (Å²) in [5, 5.41) is 12.5. The number of para-hydroxylation sites is 2. The first kappa shape index (κ1) is 19.9. The van der Waals surface area contributed by atoms with E-state index >= 15 is 0 Å². The summed E-state index contributed by atoms with van der Waals surface area (Å²) in [5.74, 6) is -0.650. The number of β-amino-alcohol motifs (C(OH)–C–C–N with tert-alkyl or cyclic N) is 1. The van der Waals surface area contributed by atoms with Crippen LogP contribution < -0.4 is 5.32 Å². The Kier molecular flexibility index (Phi) is 5.43. The quantitative estimate of drug-likeness (QED) is 0.583. The highest BCUT2D eigenvalue weighted by Crippen LogP contribution is 2.32. The van der Waals surface area contributed by atoms with Gasteiger partial charge in [-0.3, -0.25) is 4.79 Å². The normalized spacial score (nSPS) is 14.0. The van der Waals surface area contributed by atoms with Crippen molar-refractivity contribution in [2.75, 3.05) is 32.1 Å². The molecule has 0 aliphatic carbocycles. The standard InChI is InChI=1S/C21H18ClN3O5/c1-29-21(28)13-11-25(8-9-26)20(27)18(13)23-16-10-12(6-7-14(16)22)19-24-15-4-2-3-5-17(15)30-19/h2-7,10,23,26H,8-9,11H2,1H3. The second-order valence-corrected chi connectivity index (χ2v) is 7.01. The van der Waals surface area contributed by atoms with E-state index in [2.05, 4.69) is 10.3 Å². The van der Waals surface area contributed by atoms with Gasteiger partial charge in [-0.25, -0.2) is 9.78 Å². The van der Waals surface area contributed by atoms with Gasteiger partial charge >= 0.3 is 5.97 Å². The van der Waals surface area contributed by atoms with Crippen molar-refractivity contribution in [3.63, 3.8) is 0 Å². The Morgan fingerprint density at radius 1 is 1.33 bits per heavy atom. The third kappa shape index (κ3) is 3.62. The number of carbonyl (C=O) groups is 2. The molecule has 0 radical (unpaired) electrons. The maximum absolute atomic E-state index is 12.7. The Balaban J connectivity index is 1.70. The second kappa shape index (κ2) is 8.17. The maximum Gasteiger partial charge on any atom is 0.337 e. The van der Waals surface area contributed by atoms with Crippen LogP contribution in [-0.2, 0) is 14.3 Å². The summed E-state index contributed by atoms with van der Waals surface area (Å²) in [6.07, 6.45) is 0. The summed E-state index contributed by atoms with van der Waals surface area (Å²) in [4.78, 5) is 30.7. The van der Waals surface area contributed by atoms with Crippen molar-refractivity contribution in [3.8, 4) is 11.5 Å². The third-order valence-corrected chi connectivity index (χ3v) is 5.05. The molecule has 1 amide bonds. The fourth-order valence-corrected chi connectivity index (χ4v) is 3.40. The van der Waals surface area contributed by atoms with Crippen LogP contribution in [-0.4, -0.2) is 53.7 Å². The van der Waals surface area contributed by atoms with Gasteiger partial charge in [0.15, 0.2) is 5.58 Å². The number of rotatable bonds is 6. The zero-order valence-corrected chi connectivity index (χ0v) is 16.8. The molecular formula is C21H18ClN3O5. The summed E-state index contributed by atoms with van der Waals surface area (Å²) in [7, 11) is 1.24. The SMILES string of the molecule is COC(=O)C1=C(Nc2cc(-c3nc4ccccc4o3)ccc2Cl)C(=O)N(CCO)C1. The molecule has 0 atom stereocenters. The number of methoxy groups -OCH3 is 1. The van der Waals surface area contributed by atoms with E-state index < -0.39 is 11.9 Å². The zero-order chi connectivity index (χ0) is 21.3. The predicted molar refractivity (Wildman–Crippen MR) is 111 cm³/mol. The van der Waals surface area contributed by atoms with Crippen molar-refractivity contribution in [1.29, 1.82) is 0 Å². The molecule has 0 unspecified atom stereocenters. The smallest absolute Gasteiger partial charge is 0.337 e. The Morgan fingerprint density at radius 3 is 2.87 bits per heavy atom. The number of carbonyl (C=O) groups excluding carboxylic acids is 2. The molecule has 154 valence electrons. The minimum atomic E-state index is -0.627. The van der Waals surface area contributed by atoms with Crippen LogP contribution in [0.2, 0.25) is 5.02 Å². The van der Waals surface area contributed by atoms with Crippen molar-refractivity contribution in [1.82, 2.24) is 9.88 Å². The van der Waals surface area contributed by atoms with E-state index in [1.54, 1.807) is 18.2 Å². The topological polar surface area (TPSA) is 105 Å². The van der Waals surface area contributed by atoms with E-state index in [0.29, 0.717) is 27.7 Å². The number of halogens is 1. The molecule has 1 aliphatic rings. The molecule has 2 aromatic carbocycles. The van der Waals surface area contributed by atoms with E-state index in [1.807, 2.05) is 24.3 Å². The molecule has 0 saturated heterocycles. The van der Waals surface area contributed by atoms with Crippen molar-refractivity contribution in [2.24, 2.45) is 0 Å². The van der Waals surface area contributed by atoms with Crippen molar-refractivity contribution in [2.45, 2.75) is 0 Å². The summed E-state index contributed by atoms with van der Waals surface area (Å²) in [5.41, 5.74) is 2.66. The number of hydrogen-bond acceptors (Lipinski definition) is 7. The average molecular weight is 428 g/mol. The van der Waals surface area contributed by atoms with E-state index in [4.69, 9.17) is 20.8 Å². The van der Waals surface area contributed by atoms with Gasteiger partial charge in [0.2, 0.25) is 5.89 Å². The second-order valence-electron chi connectivity index (χ2n) is 6.60. The molecule has 2 heterocycles. The van der Waals surface area contributed by atoms with Crippen LogP contribution in [0.5, 0.6) is 0 Å². The average Bonchev–Trinajstić information content (AvgIpc) is 3.32. The number of amides is 1.